The largest absolute Gasteiger partial charge is 0.456 e. The summed E-state index contributed by atoms with van der Waals surface area (Å²) < 4.78 is 8.84. The number of furan rings is 1. The van der Waals surface area contributed by atoms with Crippen molar-refractivity contribution in [2.75, 3.05) is 0 Å². The number of hydrogen-bond acceptors (Lipinski definition) is 5. The molecule has 50 heavy (non-hydrogen) atoms. The van der Waals surface area contributed by atoms with Crippen LogP contribution in [0.25, 0.3) is 94.9 Å². The van der Waals surface area contributed by atoms with Crippen molar-refractivity contribution in [3.05, 3.63) is 164 Å². The molecule has 234 valence electrons. The van der Waals surface area contributed by atoms with Gasteiger partial charge in [-0.05, 0) is 77.9 Å². The lowest BCUT2D eigenvalue weighted by atomic mass is 10.0. The summed E-state index contributed by atoms with van der Waals surface area (Å²) in [6, 6.07) is 53.9. The van der Waals surface area contributed by atoms with E-state index in [1.54, 1.807) is 6.20 Å². The minimum absolute atomic E-state index is 0.513. The van der Waals surface area contributed by atoms with E-state index < -0.39 is 0 Å². The predicted octanol–water partition coefficient (Wildman–Crippen LogP) is 10.9. The molecule has 10 rings (SSSR count). The van der Waals surface area contributed by atoms with Crippen LogP contribution in [0.2, 0.25) is 0 Å². The van der Waals surface area contributed by atoms with E-state index in [0.717, 1.165) is 60.9 Å². The van der Waals surface area contributed by atoms with Crippen LogP contribution >= 0.6 is 0 Å². The van der Waals surface area contributed by atoms with Gasteiger partial charge >= 0.3 is 0 Å². The van der Waals surface area contributed by atoms with Crippen LogP contribution in [0, 0.1) is 0 Å². The van der Waals surface area contributed by atoms with Gasteiger partial charge < -0.3 is 8.98 Å². The maximum absolute atomic E-state index is 6.50. The van der Waals surface area contributed by atoms with Gasteiger partial charge in [-0.3, -0.25) is 4.98 Å². The molecular weight excluding hydrogens is 615 g/mol. The van der Waals surface area contributed by atoms with Crippen LogP contribution in [0.5, 0.6) is 0 Å². The molecule has 0 N–H and O–H groups in total. The highest BCUT2D eigenvalue weighted by Crippen LogP contribution is 2.41. The van der Waals surface area contributed by atoms with E-state index in [2.05, 4.69) is 101 Å². The van der Waals surface area contributed by atoms with Gasteiger partial charge in [-0.1, -0.05) is 91.0 Å². The van der Waals surface area contributed by atoms with Crippen LogP contribution in [0.3, 0.4) is 0 Å². The zero-order valence-corrected chi connectivity index (χ0v) is 26.7. The number of nitrogens with zero attached hydrogens (tertiary/aromatic N) is 5. The Morgan fingerprint density at radius 1 is 0.440 bits per heavy atom. The fourth-order valence-electron chi connectivity index (χ4n) is 7.01. The summed E-state index contributed by atoms with van der Waals surface area (Å²) in [7, 11) is 0. The number of pyridine rings is 1. The molecule has 4 heterocycles. The van der Waals surface area contributed by atoms with E-state index in [-0.39, 0.29) is 0 Å². The zero-order chi connectivity index (χ0) is 33.0. The van der Waals surface area contributed by atoms with E-state index in [0.29, 0.717) is 23.2 Å². The molecule has 0 spiro atoms. The molecule has 0 saturated carbocycles. The van der Waals surface area contributed by atoms with Crippen molar-refractivity contribution in [1.29, 1.82) is 0 Å². The Bertz CT molecular complexity index is 2860. The van der Waals surface area contributed by atoms with Crippen LogP contribution < -0.4 is 0 Å². The number of rotatable bonds is 5. The summed E-state index contributed by atoms with van der Waals surface area (Å²) in [6.45, 7) is 0. The number of hydrogen-bond donors (Lipinski definition) is 0. The van der Waals surface area contributed by atoms with Crippen LogP contribution in [-0.4, -0.2) is 24.5 Å². The summed E-state index contributed by atoms with van der Waals surface area (Å²) in [5.74, 6) is 1.66. The average Bonchev–Trinajstić information content (AvgIpc) is 3.74. The van der Waals surface area contributed by atoms with Crippen LogP contribution in [0.4, 0.5) is 0 Å². The van der Waals surface area contributed by atoms with E-state index in [9.17, 15) is 0 Å². The van der Waals surface area contributed by atoms with Gasteiger partial charge in [-0.15, -0.1) is 0 Å². The molecule has 6 heteroatoms. The van der Waals surface area contributed by atoms with Crippen LogP contribution in [0.15, 0.2) is 168 Å². The molecule has 0 saturated heterocycles. The third-order valence-corrected chi connectivity index (χ3v) is 9.30. The molecule has 10 aromatic rings. The lowest BCUT2D eigenvalue weighted by Gasteiger charge is -2.10. The molecule has 0 unspecified atom stereocenters. The van der Waals surface area contributed by atoms with Gasteiger partial charge in [0.05, 0.1) is 16.4 Å². The number of para-hydroxylation sites is 2. The molecule has 0 fully saturated rings. The molecule has 6 nitrogen and oxygen atoms in total. The lowest BCUT2D eigenvalue weighted by molar-refractivity contribution is 0.669. The first-order chi connectivity index (χ1) is 24.8. The van der Waals surface area contributed by atoms with Gasteiger partial charge in [0, 0.05) is 39.2 Å². The summed E-state index contributed by atoms with van der Waals surface area (Å²) in [4.78, 5) is 19.6. The summed E-state index contributed by atoms with van der Waals surface area (Å²) in [5, 5.41) is 4.41. The van der Waals surface area contributed by atoms with Crippen molar-refractivity contribution in [1.82, 2.24) is 24.5 Å². The third-order valence-electron chi connectivity index (χ3n) is 9.30. The predicted molar refractivity (Wildman–Crippen MR) is 201 cm³/mol. The number of fused-ring (bicyclic) bond motifs is 7. The first-order valence-corrected chi connectivity index (χ1v) is 16.6. The highest BCUT2D eigenvalue weighted by Gasteiger charge is 2.20. The fourth-order valence-corrected chi connectivity index (χ4v) is 7.01. The van der Waals surface area contributed by atoms with Crippen LogP contribution in [-0.2, 0) is 0 Å². The molecule has 0 atom stereocenters. The second-order valence-corrected chi connectivity index (χ2v) is 12.3. The third kappa shape index (κ3) is 4.58. The highest BCUT2D eigenvalue weighted by molar-refractivity contribution is 6.24. The highest BCUT2D eigenvalue weighted by atomic mass is 16.3. The van der Waals surface area contributed by atoms with E-state index in [1.807, 2.05) is 66.7 Å². The molecule has 0 aliphatic rings. The second-order valence-electron chi connectivity index (χ2n) is 12.3. The summed E-state index contributed by atoms with van der Waals surface area (Å²) in [6.07, 6.45) is 1.76. The molecule has 0 bridgehead atoms. The van der Waals surface area contributed by atoms with Crippen molar-refractivity contribution in [2.24, 2.45) is 0 Å². The fraction of sp³-hybridized carbons (Fsp3) is 0. The van der Waals surface area contributed by atoms with Crippen LogP contribution in [0.1, 0.15) is 0 Å². The molecule has 0 aliphatic carbocycles. The Kier molecular flexibility index (Phi) is 6.39. The monoisotopic (exact) mass is 641 g/mol. The standard InChI is InChI=1S/C44H27N5O/c1-3-12-28(13-4-1)29-14-11-15-30(26-29)42-46-43(48-44(47-42)36-19-9-10-25-45-36)31-21-23-38-35(27-31)40-39(50-38)24-22-34-33-18-7-8-20-37(33)49(41(34)40)32-16-5-2-6-17-32/h1-27H. The topological polar surface area (TPSA) is 69.6 Å². The van der Waals surface area contributed by atoms with Gasteiger partial charge in [0.15, 0.2) is 17.5 Å². The molecular formula is C44H27N5O. The Morgan fingerprint density at radius 2 is 1.12 bits per heavy atom. The first kappa shape index (κ1) is 28.1. The zero-order valence-electron chi connectivity index (χ0n) is 26.7. The molecule has 6 aromatic carbocycles. The molecule has 0 amide bonds. The summed E-state index contributed by atoms with van der Waals surface area (Å²) in [5.41, 5.74) is 9.64. The average molecular weight is 642 g/mol. The van der Waals surface area contributed by atoms with Crippen molar-refractivity contribution in [2.45, 2.75) is 0 Å². The van der Waals surface area contributed by atoms with Crippen molar-refractivity contribution in [3.63, 3.8) is 0 Å². The Hall–Kier alpha value is -6.92. The maximum Gasteiger partial charge on any atom is 0.182 e. The summed E-state index contributed by atoms with van der Waals surface area (Å²) >= 11 is 0. The SMILES string of the molecule is c1ccc(-c2cccc(-c3nc(-c4ccc5oc6ccc7c8ccccc8n(-c8ccccc8)c7c6c5c4)nc(-c4ccccn4)n3)c2)cc1. The van der Waals surface area contributed by atoms with Gasteiger partial charge in [-0.2, -0.15) is 0 Å². The minimum Gasteiger partial charge on any atom is -0.456 e. The van der Waals surface area contributed by atoms with Crippen molar-refractivity contribution < 1.29 is 4.42 Å². The first-order valence-electron chi connectivity index (χ1n) is 16.6. The van der Waals surface area contributed by atoms with E-state index in [4.69, 9.17) is 19.4 Å². The van der Waals surface area contributed by atoms with Gasteiger partial charge in [0.25, 0.3) is 0 Å². The minimum atomic E-state index is 0.513. The molecule has 0 aliphatic heterocycles. The van der Waals surface area contributed by atoms with E-state index >= 15 is 0 Å². The van der Waals surface area contributed by atoms with Gasteiger partial charge in [0.1, 0.15) is 16.9 Å². The van der Waals surface area contributed by atoms with Gasteiger partial charge in [-0.25, -0.2) is 15.0 Å². The van der Waals surface area contributed by atoms with E-state index in [1.165, 1.54) is 10.8 Å². The van der Waals surface area contributed by atoms with Gasteiger partial charge in [0.2, 0.25) is 0 Å². The van der Waals surface area contributed by atoms with Crippen molar-refractivity contribution >= 4 is 43.7 Å². The Morgan fingerprint density at radius 3 is 1.94 bits per heavy atom. The maximum atomic E-state index is 6.50. The molecule has 4 aromatic heterocycles. The smallest absolute Gasteiger partial charge is 0.182 e. The Balaban J connectivity index is 1.22. The van der Waals surface area contributed by atoms with Crippen molar-refractivity contribution in [3.8, 4) is 51.1 Å². The number of benzene rings is 6. The lowest BCUT2D eigenvalue weighted by Crippen LogP contribution is -2.01. The molecule has 0 radical (unpaired) electrons. The Labute approximate surface area is 287 Å². The number of aromatic nitrogens is 5. The quantitative estimate of drug-likeness (QED) is 0.187. The normalized spacial score (nSPS) is 11.6. The second kappa shape index (κ2) is 11.4.